The summed E-state index contributed by atoms with van der Waals surface area (Å²) in [4.78, 5) is 0. The number of allylic oxidation sites excluding steroid dienone is 3. The van der Waals surface area contributed by atoms with Crippen LogP contribution in [-0.2, 0) is 0 Å². The average molecular weight is 399 g/mol. The lowest BCUT2D eigenvalue weighted by molar-refractivity contribution is 0.421. The molecule has 0 unspecified atom stereocenters. The minimum atomic E-state index is -0.150. The molecule has 0 N–H and O–H groups in total. The maximum absolute atomic E-state index is 6.23. The summed E-state index contributed by atoms with van der Waals surface area (Å²) in [6, 6.07) is 0. The quantitative estimate of drug-likeness (QED) is 0.462. The highest BCUT2D eigenvalue weighted by Crippen LogP contribution is 2.42. The first kappa shape index (κ1) is 16.3. The van der Waals surface area contributed by atoms with E-state index in [1.165, 1.54) is 0 Å². The van der Waals surface area contributed by atoms with Crippen molar-refractivity contribution in [3.63, 3.8) is 0 Å². The standard InChI is InChI=1S/C10H13Br2Cl3/c1-4-5-10(2,3)8(15)6(13)7(14)9(11)12/h4-5H2,1-3H3/b8-6+. The molecule has 0 rings (SSSR count). The van der Waals surface area contributed by atoms with Crippen LogP contribution in [0, 0.1) is 5.41 Å². The molecule has 0 heterocycles. The molecule has 0 aliphatic carbocycles. The Hall–Kier alpha value is 1.31. The lowest BCUT2D eigenvalue weighted by Gasteiger charge is -2.24. The molecule has 0 bridgehead atoms. The van der Waals surface area contributed by atoms with Gasteiger partial charge in [-0.05, 0) is 38.3 Å². The smallest absolute Gasteiger partial charge is 0.0816 e. The molecule has 15 heavy (non-hydrogen) atoms. The molecule has 88 valence electrons. The molecule has 0 spiro atoms. The fourth-order valence-electron chi connectivity index (χ4n) is 1.21. The third kappa shape index (κ3) is 4.99. The summed E-state index contributed by atoms with van der Waals surface area (Å²) >= 11 is 24.7. The van der Waals surface area contributed by atoms with E-state index >= 15 is 0 Å². The molecule has 0 aliphatic rings. The van der Waals surface area contributed by atoms with E-state index in [4.69, 9.17) is 34.8 Å². The minimum Gasteiger partial charge on any atom is -0.0869 e. The number of hydrogen-bond acceptors (Lipinski definition) is 0. The minimum absolute atomic E-state index is 0.150. The van der Waals surface area contributed by atoms with Crippen LogP contribution in [0.5, 0.6) is 0 Å². The molecule has 0 amide bonds. The SMILES string of the molecule is CCCC(C)(C)/C(Cl)=C(\Cl)C(Cl)=C(Br)Br. The van der Waals surface area contributed by atoms with Gasteiger partial charge >= 0.3 is 0 Å². The van der Waals surface area contributed by atoms with Gasteiger partial charge in [0.25, 0.3) is 0 Å². The summed E-state index contributed by atoms with van der Waals surface area (Å²) in [5.74, 6) is 0. The largest absolute Gasteiger partial charge is 0.0869 e. The van der Waals surface area contributed by atoms with E-state index in [-0.39, 0.29) is 5.41 Å². The molecule has 0 aromatic rings. The molecule has 0 aliphatic heterocycles. The van der Waals surface area contributed by atoms with E-state index in [9.17, 15) is 0 Å². The summed E-state index contributed by atoms with van der Waals surface area (Å²) in [5.41, 5.74) is -0.150. The number of hydrogen-bond donors (Lipinski definition) is 0. The summed E-state index contributed by atoms with van der Waals surface area (Å²) in [6.45, 7) is 6.21. The Morgan fingerprint density at radius 2 is 1.53 bits per heavy atom. The van der Waals surface area contributed by atoms with Crippen molar-refractivity contribution in [2.45, 2.75) is 33.6 Å². The molecule has 0 saturated carbocycles. The van der Waals surface area contributed by atoms with Gasteiger partial charge in [-0.3, -0.25) is 0 Å². The zero-order valence-electron chi connectivity index (χ0n) is 8.80. The van der Waals surface area contributed by atoms with Crippen LogP contribution in [-0.4, -0.2) is 0 Å². The molecular formula is C10H13Br2Cl3. The molecule has 0 aromatic carbocycles. The first-order valence-corrected chi connectivity index (χ1v) is 7.23. The molecule has 0 aromatic heterocycles. The Kier molecular flexibility index (Phi) is 7.51. The highest BCUT2D eigenvalue weighted by atomic mass is 79.9. The van der Waals surface area contributed by atoms with Gasteiger partial charge in [0.2, 0.25) is 0 Å². The maximum Gasteiger partial charge on any atom is 0.0816 e. The molecule has 5 heteroatoms. The van der Waals surface area contributed by atoms with Gasteiger partial charge in [0, 0.05) is 10.4 Å². The van der Waals surface area contributed by atoms with E-state index in [1.807, 2.05) is 13.8 Å². The van der Waals surface area contributed by atoms with Crippen LogP contribution in [0.2, 0.25) is 0 Å². The zero-order chi connectivity index (χ0) is 12.2. The van der Waals surface area contributed by atoms with Gasteiger partial charge in [-0.2, -0.15) is 0 Å². The molecule has 0 fully saturated rings. The molecule has 0 nitrogen and oxygen atoms in total. The van der Waals surface area contributed by atoms with Gasteiger partial charge in [0.05, 0.1) is 13.5 Å². The fourth-order valence-corrected chi connectivity index (χ4v) is 2.52. The van der Waals surface area contributed by atoms with Crippen LogP contribution in [0.4, 0.5) is 0 Å². The van der Waals surface area contributed by atoms with Gasteiger partial charge in [-0.15, -0.1) is 0 Å². The Bertz CT molecular complexity index is 289. The van der Waals surface area contributed by atoms with Crippen LogP contribution < -0.4 is 0 Å². The van der Waals surface area contributed by atoms with E-state index in [0.717, 1.165) is 12.8 Å². The second kappa shape index (κ2) is 6.90. The molecule has 0 radical (unpaired) electrons. The molecule has 0 saturated heterocycles. The van der Waals surface area contributed by atoms with Crippen LogP contribution in [0.3, 0.4) is 0 Å². The second-order valence-electron chi connectivity index (χ2n) is 3.84. The first-order chi connectivity index (χ1) is 6.74. The fraction of sp³-hybridized carbons (Fsp3) is 0.600. The van der Waals surface area contributed by atoms with Crippen LogP contribution in [0.1, 0.15) is 33.6 Å². The Balaban J connectivity index is 5.19. The summed E-state index contributed by atoms with van der Waals surface area (Å²) < 4.78 is 0.604. The van der Waals surface area contributed by atoms with E-state index in [1.54, 1.807) is 0 Å². The highest BCUT2D eigenvalue weighted by molar-refractivity contribution is 9.28. The Labute approximate surface area is 123 Å². The van der Waals surface area contributed by atoms with Gasteiger partial charge in [-0.1, -0.05) is 62.0 Å². The summed E-state index contributed by atoms with van der Waals surface area (Å²) in [7, 11) is 0. The monoisotopic (exact) mass is 396 g/mol. The highest BCUT2D eigenvalue weighted by Gasteiger charge is 2.25. The van der Waals surface area contributed by atoms with Gasteiger partial charge in [-0.25, -0.2) is 0 Å². The topological polar surface area (TPSA) is 0 Å². The van der Waals surface area contributed by atoms with Crippen molar-refractivity contribution in [2.24, 2.45) is 5.41 Å². The first-order valence-electron chi connectivity index (χ1n) is 4.51. The normalized spacial score (nSPS) is 13.6. The van der Waals surface area contributed by atoms with Crippen LogP contribution >= 0.6 is 66.7 Å². The van der Waals surface area contributed by atoms with Gasteiger partial charge in [0.1, 0.15) is 0 Å². The van der Waals surface area contributed by atoms with Crippen molar-refractivity contribution >= 4 is 66.7 Å². The Morgan fingerprint density at radius 1 is 1.07 bits per heavy atom. The summed E-state index contributed by atoms with van der Waals surface area (Å²) in [6.07, 6.45) is 2.01. The van der Waals surface area contributed by atoms with Crippen molar-refractivity contribution < 1.29 is 0 Å². The second-order valence-corrected chi connectivity index (χ2v) is 7.62. The average Bonchev–Trinajstić information content (AvgIpc) is 2.14. The van der Waals surface area contributed by atoms with Crippen molar-refractivity contribution in [1.82, 2.24) is 0 Å². The molecule has 0 atom stereocenters. The zero-order valence-corrected chi connectivity index (χ0v) is 14.2. The number of rotatable bonds is 4. The summed E-state index contributed by atoms with van der Waals surface area (Å²) in [5, 5.41) is 1.37. The lowest BCUT2D eigenvalue weighted by Crippen LogP contribution is -2.12. The van der Waals surface area contributed by atoms with Crippen LogP contribution in [0.15, 0.2) is 18.5 Å². The predicted octanol–water partition coefficient (Wildman–Crippen LogP) is 6.70. The third-order valence-corrected chi connectivity index (χ3v) is 4.92. The lowest BCUT2D eigenvalue weighted by atomic mass is 9.87. The van der Waals surface area contributed by atoms with Crippen molar-refractivity contribution in [3.05, 3.63) is 18.5 Å². The Morgan fingerprint density at radius 3 is 1.87 bits per heavy atom. The van der Waals surface area contributed by atoms with E-state index in [2.05, 4.69) is 38.8 Å². The van der Waals surface area contributed by atoms with Crippen molar-refractivity contribution in [3.8, 4) is 0 Å². The predicted molar refractivity (Wildman–Crippen MR) is 78.2 cm³/mol. The maximum atomic E-state index is 6.23. The van der Waals surface area contributed by atoms with Crippen molar-refractivity contribution in [1.29, 1.82) is 0 Å². The molecular weight excluding hydrogens is 386 g/mol. The van der Waals surface area contributed by atoms with E-state index in [0.29, 0.717) is 18.5 Å². The third-order valence-electron chi connectivity index (χ3n) is 2.02. The van der Waals surface area contributed by atoms with Gasteiger partial charge < -0.3 is 0 Å². The number of halogens is 5. The van der Waals surface area contributed by atoms with Crippen molar-refractivity contribution in [2.75, 3.05) is 0 Å². The van der Waals surface area contributed by atoms with Gasteiger partial charge in [0.15, 0.2) is 0 Å². The van der Waals surface area contributed by atoms with E-state index < -0.39 is 0 Å². The van der Waals surface area contributed by atoms with Crippen LogP contribution in [0.25, 0.3) is 0 Å².